The first-order valence-corrected chi connectivity index (χ1v) is 9.42. The van der Waals surface area contributed by atoms with Gasteiger partial charge >= 0.3 is 12.0 Å². The van der Waals surface area contributed by atoms with Gasteiger partial charge in [-0.05, 0) is 48.1 Å². The van der Waals surface area contributed by atoms with Crippen LogP contribution in [0.4, 0.5) is 4.79 Å². The molecule has 26 heavy (non-hydrogen) atoms. The Hall–Kier alpha value is -2.50. The monoisotopic (exact) mass is 355 g/mol. The number of carbonyl (C=O) groups excluding carboxylic acids is 1. The molecule has 2 aliphatic rings. The molecule has 0 bridgehead atoms. The number of carboxylic acids is 1. The van der Waals surface area contributed by atoms with Crippen molar-refractivity contribution in [1.29, 1.82) is 0 Å². The molecule has 2 aromatic rings. The van der Waals surface area contributed by atoms with Gasteiger partial charge in [0.25, 0.3) is 0 Å². The van der Waals surface area contributed by atoms with Gasteiger partial charge in [-0.25, -0.2) is 9.59 Å². The Balaban J connectivity index is 1.29. The molecule has 0 radical (unpaired) electrons. The number of hydrogen-bond donors (Lipinski definition) is 4. The first kappa shape index (κ1) is 16.9. The number of rotatable bonds is 6. The van der Waals surface area contributed by atoms with Gasteiger partial charge < -0.3 is 20.7 Å². The summed E-state index contributed by atoms with van der Waals surface area (Å²) < 4.78 is 0. The van der Waals surface area contributed by atoms with Crippen LogP contribution in [0, 0.1) is 11.8 Å². The van der Waals surface area contributed by atoms with E-state index in [0.29, 0.717) is 37.6 Å². The Labute approximate surface area is 152 Å². The van der Waals surface area contributed by atoms with Gasteiger partial charge in [-0.15, -0.1) is 0 Å². The fourth-order valence-corrected chi connectivity index (χ4v) is 4.34. The third kappa shape index (κ3) is 3.04. The smallest absolute Gasteiger partial charge is 0.329 e. The summed E-state index contributed by atoms with van der Waals surface area (Å²) in [6.45, 7) is 0.464. The molecule has 0 atom stereocenters. The summed E-state index contributed by atoms with van der Waals surface area (Å²) in [5, 5.41) is 16.3. The highest BCUT2D eigenvalue weighted by molar-refractivity contribution is 5.87. The number of carbonyl (C=O) groups is 2. The average molecular weight is 355 g/mol. The first-order chi connectivity index (χ1) is 12.6. The normalized spacial score (nSPS) is 25.3. The lowest BCUT2D eigenvalue weighted by Gasteiger charge is -2.50. The maximum atomic E-state index is 12.2. The van der Waals surface area contributed by atoms with E-state index in [1.54, 1.807) is 0 Å². The topological polar surface area (TPSA) is 94.2 Å². The molecule has 2 fully saturated rings. The van der Waals surface area contributed by atoms with Crippen LogP contribution >= 0.6 is 0 Å². The van der Waals surface area contributed by atoms with E-state index < -0.39 is 17.5 Å². The van der Waals surface area contributed by atoms with E-state index in [4.69, 9.17) is 0 Å². The molecule has 0 spiro atoms. The van der Waals surface area contributed by atoms with Crippen molar-refractivity contribution in [1.82, 2.24) is 15.6 Å². The highest BCUT2D eigenvalue weighted by atomic mass is 16.4. The number of aromatic nitrogens is 1. The molecule has 0 unspecified atom stereocenters. The number of hydrogen-bond acceptors (Lipinski definition) is 2. The van der Waals surface area contributed by atoms with Crippen LogP contribution in [0.5, 0.6) is 0 Å². The van der Waals surface area contributed by atoms with Gasteiger partial charge in [0, 0.05) is 18.3 Å². The number of aromatic amines is 1. The van der Waals surface area contributed by atoms with Crippen molar-refractivity contribution in [2.24, 2.45) is 11.8 Å². The van der Waals surface area contributed by atoms with E-state index >= 15 is 0 Å². The van der Waals surface area contributed by atoms with Crippen LogP contribution in [0.2, 0.25) is 0 Å². The fraction of sp³-hybridized carbons (Fsp3) is 0.500. The number of para-hydroxylation sites is 1. The number of urea groups is 1. The van der Waals surface area contributed by atoms with Gasteiger partial charge in [0.1, 0.15) is 5.54 Å². The number of nitrogens with one attached hydrogen (secondary N) is 3. The first-order valence-electron chi connectivity index (χ1n) is 9.42. The maximum absolute atomic E-state index is 12.2. The zero-order valence-corrected chi connectivity index (χ0v) is 14.8. The minimum absolute atomic E-state index is 0.391. The molecule has 2 amide bonds. The molecule has 2 aliphatic carbocycles. The molecule has 1 aromatic heterocycles. The highest BCUT2D eigenvalue weighted by Crippen LogP contribution is 2.49. The number of carboxylic acid groups (broad SMARTS) is 1. The van der Waals surface area contributed by atoms with Crippen LogP contribution < -0.4 is 10.6 Å². The van der Waals surface area contributed by atoms with E-state index in [-0.39, 0.29) is 0 Å². The van der Waals surface area contributed by atoms with Gasteiger partial charge in [0.05, 0.1) is 0 Å². The largest absolute Gasteiger partial charge is 0.480 e. The Morgan fingerprint density at radius 2 is 2.00 bits per heavy atom. The number of fused-ring (bicyclic) bond motifs is 1. The van der Waals surface area contributed by atoms with E-state index in [1.807, 2.05) is 30.5 Å². The molecular weight excluding hydrogens is 330 g/mol. The quantitative estimate of drug-likeness (QED) is 0.641. The highest BCUT2D eigenvalue weighted by Gasteiger charge is 2.54. The van der Waals surface area contributed by atoms with Gasteiger partial charge in [-0.2, -0.15) is 0 Å². The van der Waals surface area contributed by atoms with Crippen LogP contribution in [-0.2, 0) is 11.2 Å². The Bertz CT molecular complexity index is 819. The minimum atomic E-state index is -1.08. The Morgan fingerprint density at radius 3 is 2.69 bits per heavy atom. The maximum Gasteiger partial charge on any atom is 0.329 e. The summed E-state index contributed by atoms with van der Waals surface area (Å²) >= 11 is 0. The molecule has 6 nitrogen and oxygen atoms in total. The number of aliphatic carboxylic acids is 1. The predicted octanol–water partition coefficient (Wildman–Crippen LogP) is 3.04. The van der Waals surface area contributed by atoms with Crippen LogP contribution in [-0.4, -0.2) is 34.2 Å². The third-order valence-electron chi connectivity index (χ3n) is 6.15. The predicted molar refractivity (Wildman–Crippen MR) is 99.0 cm³/mol. The van der Waals surface area contributed by atoms with Crippen LogP contribution in [0.25, 0.3) is 10.9 Å². The summed E-state index contributed by atoms with van der Waals surface area (Å²) in [4.78, 5) is 27.1. The summed E-state index contributed by atoms with van der Waals surface area (Å²) in [6, 6.07) is 7.70. The van der Waals surface area contributed by atoms with Gasteiger partial charge in [-0.3, -0.25) is 0 Å². The van der Waals surface area contributed by atoms with Gasteiger partial charge in [-0.1, -0.05) is 37.5 Å². The minimum Gasteiger partial charge on any atom is -0.480 e. The molecule has 6 heteroatoms. The van der Waals surface area contributed by atoms with Crippen molar-refractivity contribution < 1.29 is 14.7 Å². The summed E-state index contributed by atoms with van der Waals surface area (Å²) in [6.07, 6.45) is 7.37. The van der Waals surface area contributed by atoms with Crippen molar-refractivity contribution >= 4 is 22.9 Å². The Morgan fingerprint density at radius 1 is 1.19 bits per heavy atom. The Kier molecular flexibility index (Phi) is 4.34. The van der Waals surface area contributed by atoms with Crippen molar-refractivity contribution in [3.8, 4) is 0 Å². The van der Waals surface area contributed by atoms with E-state index in [9.17, 15) is 14.7 Å². The van der Waals surface area contributed by atoms with Crippen LogP contribution in [0.15, 0.2) is 30.5 Å². The zero-order chi connectivity index (χ0) is 18.1. The standard InChI is InChI=1S/C20H25N3O3/c24-18(25)20(11-16(12-20)13-3-1-4-13)23-19(26)22-10-8-15-6-2-5-14-7-9-21-17(14)15/h2,5-7,9,13,16,21H,1,3-4,8,10-12H2,(H,24,25)(H2,22,23,26). The molecule has 4 N–H and O–H groups in total. The molecule has 138 valence electrons. The molecule has 0 saturated heterocycles. The van der Waals surface area contributed by atoms with Crippen molar-refractivity contribution in [2.45, 2.75) is 44.1 Å². The lowest BCUT2D eigenvalue weighted by molar-refractivity contribution is -0.152. The second kappa shape index (κ2) is 6.67. The summed E-state index contributed by atoms with van der Waals surface area (Å²) in [7, 11) is 0. The van der Waals surface area contributed by atoms with Gasteiger partial charge in [0.2, 0.25) is 0 Å². The fourth-order valence-electron chi connectivity index (χ4n) is 4.34. The van der Waals surface area contributed by atoms with E-state index in [2.05, 4.69) is 15.6 Å². The molecule has 4 rings (SSSR count). The lowest BCUT2D eigenvalue weighted by Crippen LogP contribution is -2.65. The van der Waals surface area contributed by atoms with Crippen molar-refractivity contribution in [3.05, 3.63) is 36.0 Å². The lowest BCUT2D eigenvalue weighted by atomic mass is 9.58. The third-order valence-corrected chi connectivity index (χ3v) is 6.15. The second-order valence-corrected chi connectivity index (χ2v) is 7.74. The summed E-state index contributed by atoms with van der Waals surface area (Å²) in [5.74, 6) is 0.193. The number of amides is 2. The summed E-state index contributed by atoms with van der Waals surface area (Å²) in [5.41, 5.74) is 1.14. The van der Waals surface area contributed by atoms with Crippen molar-refractivity contribution in [3.63, 3.8) is 0 Å². The second-order valence-electron chi connectivity index (χ2n) is 7.74. The van der Waals surface area contributed by atoms with Crippen LogP contribution in [0.1, 0.15) is 37.7 Å². The zero-order valence-electron chi connectivity index (χ0n) is 14.8. The van der Waals surface area contributed by atoms with Crippen LogP contribution in [0.3, 0.4) is 0 Å². The van der Waals surface area contributed by atoms with Gasteiger partial charge in [0.15, 0.2) is 0 Å². The van der Waals surface area contributed by atoms with E-state index in [1.165, 1.54) is 19.3 Å². The molecule has 1 heterocycles. The molecule has 2 saturated carbocycles. The molecular formula is C20H25N3O3. The molecule has 1 aromatic carbocycles. The van der Waals surface area contributed by atoms with Crippen molar-refractivity contribution in [2.75, 3.05) is 6.54 Å². The number of benzene rings is 1. The number of H-pyrrole nitrogens is 1. The SMILES string of the molecule is O=C(NCCc1cccc2cc[nH]c12)NC1(C(=O)O)CC(C2CCC2)C1. The van der Waals surface area contributed by atoms with E-state index in [0.717, 1.165) is 16.5 Å². The average Bonchev–Trinajstić information content (AvgIpc) is 3.00. The molecule has 0 aliphatic heterocycles.